The summed E-state index contributed by atoms with van der Waals surface area (Å²) >= 11 is 0. The summed E-state index contributed by atoms with van der Waals surface area (Å²) in [7, 11) is 0. The molecule has 2 atom stereocenters. The Hall–Kier alpha value is -2.84. The molecule has 1 aromatic heterocycles. The average Bonchev–Trinajstić information content (AvgIpc) is 3.41. The van der Waals surface area contributed by atoms with Gasteiger partial charge in [0.25, 0.3) is 0 Å². The van der Waals surface area contributed by atoms with Gasteiger partial charge in [-0.15, -0.1) is 0 Å². The van der Waals surface area contributed by atoms with E-state index in [1.54, 1.807) is 12.1 Å². The van der Waals surface area contributed by atoms with Crippen LogP contribution in [0.3, 0.4) is 0 Å². The number of nitrogens with zero attached hydrogens (tertiary/aromatic N) is 2. The van der Waals surface area contributed by atoms with Gasteiger partial charge in [0.05, 0.1) is 12.1 Å². The van der Waals surface area contributed by atoms with Gasteiger partial charge in [0, 0.05) is 18.3 Å². The van der Waals surface area contributed by atoms with E-state index in [0.29, 0.717) is 11.4 Å². The molecule has 8 nitrogen and oxygen atoms in total. The number of ether oxygens (including phenoxy) is 1. The van der Waals surface area contributed by atoms with E-state index in [2.05, 4.69) is 20.6 Å². The second-order valence-electron chi connectivity index (χ2n) is 8.99. The van der Waals surface area contributed by atoms with Crippen LogP contribution in [0.25, 0.3) is 0 Å². The molecule has 1 aliphatic heterocycles. The van der Waals surface area contributed by atoms with Crippen molar-refractivity contribution in [1.29, 1.82) is 0 Å². The highest BCUT2D eigenvalue weighted by Gasteiger charge is 2.48. The Labute approximate surface area is 194 Å². The summed E-state index contributed by atoms with van der Waals surface area (Å²) in [6.07, 6.45) is 9.64. The normalized spacial score (nSPS) is 20.0. The number of amides is 1. The number of hydrogen-bond acceptors (Lipinski definition) is 7. The highest BCUT2D eigenvalue weighted by molar-refractivity contribution is 5.92. The number of carbonyl (C=O) groups is 2. The van der Waals surface area contributed by atoms with Crippen LogP contribution in [0.15, 0.2) is 48.9 Å². The van der Waals surface area contributed by atoms with Crippen LogP contribution >= 0.6 is 0 Å². The second-order valence-corrected chi connectivity index (χ2v) is 8.99. The van der Waals surface area contributed by atoms with Crippen LogP contribution in [-0.4, -0.2) is 46.6 Å². The number of esters is 1. The second kappa shape index (κ2) is 10.9. The molecule has 1 aliphatic carbocycles. The molecule has 2 heterocycles. The van der Waals surface area contributed by atoms with Gasteiger partial charge in [0.2, 0.25) is 5.91 Å². The number of nitrogens with one attached hydrogen (secondary N) is 2. The summed E-state index contributed by atoms with van der Waals surface area (Å²) in [6.45, 7) is 1.53. The van der Waals surface area contributed by atoms with Crippen LogP contribution in [0.2, 0.25) is 0 Å². The van der Waals surface area contributed by atoms with Gasteiger partial charge in [-0.2, -0.15) is 0 Å². The summed E-state index contributed by atoms with van der Waals surface area (Å²) in [5.41, 5.74) is -1.16. The maximum absolute atomic E-state index is 13.4. The zero-order valence-corrected chi connectivity index (χ0v) is 18.8. The Balaban J connectivity index is 1.51. The van der Waals surface area contributed by atoms with Gasteiger partial charge in [0.15, 0.2) is 11.4 Å². The predicted molar refractivity (Wildman–Crippen MR) is 123 cm³/mol. The van der Waals surface area contributed by atoms with Gasteiger partial charge < -0.3 is 20.5 Å². The molecule has 33 heavy (non-hydrogen) atoms. The Bertz CT molecular complexity index is 915. The van der Waals surface area contributed by atoms with Crippen molar-refractivity contribution < 1.29 is 19.4 Å². The number of rotatable bonds is 8. The Morgan fingerprint density at radius 3 is 2.52 bits per heavy atom. The topological polar surface area (TPSA) is 113 Å². The molecule has 3 N–H and O–H groups in total. The van der Waals surface area contributed by atoms with Gasteiger partial charge in [-0.1, -0.05) is 43.2 Å². The third-order valence-electron chi connectivity index (χ3n) is 6.97. The van der Waals surface area contributed by atoms with E-state index < -0.39 is 17.5 Å². The largest absolute Gasteiger partial charge is 0.462 e. The maximum Gasteiger partial charge on any atom is 0.343 e. The lowest BCUT2D eigenvalue weighted by Crippen LogP contribution is -2.45. The van der Waals surface area contributed by atoms with Crippen molar-refractivity contribution in [3.05, 3.63) is 54.5 Å². The monoisotopic (exact) mass is 452 g/mol. The summed E-state index contributed by atoms with van der Waals surface area (Å²) < 4.78 is 5.74. The molecule has 0 radical (unpaired) electrons. The highest BCUT2D eigenvalue weighted by Crippen LogP contribution is 2.41. The molecule has 4 rings (SSSR count). The third-order valence-corrected chi connectivity index (χ3v) is 6.97. The Morgan fingerprint density at radius 2 is 1.85 bits per heavy atom. The molecule has 2 fully saturated rings. The number of aliphatic hydroxyl groups is 1. The van der Waals surface area contributed by atoms with Gasteiger partial charge in [0.1, 0.15) is 6.61 Å². The van der Waals surface area contributed by atoms with E-state index in [-0.39, 0.29) is 24.3 Å². The first-order valence-electron chi connectivity index (χ1n) is 11.8. The number of aromatic nitrogens is 2. The molecule has 1 saturated carbocycles. The number of carbonyl (C=O) groups excluding carboxylic acids is 2. The SMILES string of the molecule is O=C(Nc1cnccn1)C(COC(=O)C(O)(c1ccccc1)C1CCCC1)C1CCNCC1. The Kier molecular flexibility index (Phi) is 7.67. The zero-order chi connectivity index (χ0) is 23.1. The fourth-order valence-electron chi connectivity index (χ4n) is 5.09. The number of benzene rings is 1. The van der Waals surface area contributed by atoms with Crippen LogP contribution in [0.5, 0.6) is 0 Å². The maximum atomic E-state index is 13.4. The lowest BCUT2D eigenvalue weighted by molar-refractivity contribution is -0.176. The highest BCUT2D eigenvalue weighted by atomic mass is 16.6. The van der Waals surface area contributed by atoms with Crippen LogP contribution in [0, 0.1) is 17.8 Å². The number of piperidine rings is 1. The fourth-order valence-corrected chi connectivity index (χ4v) is 5.09. The lowest BCUT2D eigenvalue weighted by Gasteiger charge is -2.34. The molecule has 0 spiro atoms. The van der Waals surface area contributed by atoms with Crippen molar-refractivity contribution in [2.24, 2.45) is 17.8 Å². The first kappa shape index (κ1) is 23.3. The standard InChI is InChI=1S/C25H32N4O4/c30-23(29-22-16-27-14-15-28-22)21(18-10-12-26-13-11-18)17-33-24(31)25(32,20-8-4-5-9-20)19-6-2-1-3-7-19/h1-3,6-7,14-16,18,20-21,26,32H,4-5,8-13,17H2,(H,28,29,30). The van der Waals surface area contributed by atoms with Gasteiger partial charge in [-0.3, -0.25) is 9.78 Å². The molecule has 2 aliphatic rings. The number of hydrogen-bond donors (Lipinski definition) is 3. The molecule has 2 aromatic rings. The zero-order valence-electron chi connectivity index (χ0n) is 18.8. The van der Waals surface area contributed by atoms with Crippen LogP contribution in [0.1, 0.15) is 44.1 Å². The van der Waals surface area contributed by atoms with Gasteiger partial charge in [-0.25, -0.2) is 9.78 Å². The van der Waals surface area contributed by atoms with Crippen LogP contribution < -0.4 is 10.6 Å². The smallest absolute Gasteiger partial charge is 0.343 e. The van der Waals surface area contributed by atoms with Crippen molar-refractivity contribution in [2.75, 3.05) is 25.0 Å². The van der Waals surface area contributed by atoms with E-state index >= 15 is 0 Å². The van der Waals surface area contributed by atoms with Gasteiger partial charge in [-0.05, 0) is 50.3 Å². The summed E-state index contributed by atoms with van der Waals surface area (Å²) in [5, 5.41) is 17.8. The van der Waals surface area contributed by atoms with Crippen LogP contribution in [-0.2, 0) is 19.9 Å². The van der Waals surface area contributed by atoms with Gasteiger partial charge >= 0.3 is 5.97 Å². The van der Waals surface area contributed by atoms with Crippen molar-refractivity contribution in [3.8, 4) is 0 Å². The number of anilines is 1. The molecule has 2 unspecified atom stereocenters. The average molecular weight is 453 g/mol. The summed E-state index contributed by atoms with van der Waals surface area (Å²) in [5.74, 6) is -1.24. The quantitative estimate of drug-likeness (QED) is 0.528. The summed E-state index contributed by atoms with van der Waals surface area (Å²) in [4.78, 5) is 34.6. The molecular weight excluding hydrogens is 420 g/mol. The van der Waals surface area contributed by atoms with E-state index in [0.717, 1.165) is 51.6 Å². The molecule has 0 bridgehead atoms. The molecule has 176 valence electrons. The predicted octanol–water partition coefficient (Wildman–Crippen LogP) is 2.65. The van der Waals surface area contributed by atoms with Crippen molar-refractivity contribution in [3.63, 3.8) is 0 Å². The molecule has 1 amide bonds. The minimum Gasteiger partial charge on any atom is -0.462 e. The van der Waals surface area contributed by atoms with E-state index in [9.17, 15) is 14.7 Å². The molecule has 1 aromatic carbocycles. The van der Waals surface area contributed by atoms with E-state index in [4.69, 9.17) is 4.74 Å². The lowest BCUT2D eigenvalue weighted by atomic mass is 9.80. The van der Waals surface area contributed by atoms with Crippen molar-refractivity contribution in [1.82, 2.24) is 15.3 Å². The van der Waals surface area contributed by atoms with Crippen LogP contribution in [0.4, 0.5) is 5.82 Å². The van der Waals surface area contributed by atoms with E-state index in [1.807, 2.05) is 18.2 Å². The first-order valence-corrected chi connectivity index (χ1v) is 11.8. The minimum absolute atomic E-state index is 0.0621. The van der Waals surface area contributed by atoms with Crippen molar-refractivity contribution >= 4 is 17.7 Å². The van der Waals surface area contributed by atoms with E-state index in [1.165, 1.54) is 18.6 Å². The third kappa shape index (κ3) is 5.39. The summed E-state index contributed by atoms with van der Waals surface area (Å²) in [6, 6.07) is 9.02. The molecular formula is C25H32N4O4. The molecule has 1 saturated heterocycles. The Morgan fingerprint density at radius 1 is 1.12 bits per heavy atom. The molecule has 8 heteroatoms. The fraction of sp³-hybridized carbons (Fsp3) is 0.520. The first-order chi connectivity index (χ1) is 16.1. The minimum atomic E-state index is -1.71. The van der Waals surface area contributed by atoms with Crippen molar-refractivity contribution in [2.45, 2.75) is 44.1 Å².